The number of carbonyl (C=O) groups excluding carboxylic acids is 1. The van der Waals surface area contributed by atoms with Crippen LogP contribution in [0, 0.1) is 0 Å². The van der Waals surface area contributed by atoms with Crippen molar-refractivity contribution in [1.29, 1.82) is 0 Å². The van der Waals surface area contributed by atoms with Crippen molar-refractivity contribution < 1.29 is 19.1 Å². The molecule has 0 aromatic carbocycles. The fraction of sp³-hybridized carbons (Fsp3) is 0.923. The quantitative estimate of drug-likeness (QED) is 0.287. The fourth-order valence-electron chi connectivity index (χ4n) is 1.68. The van der Waals surface area contributed by atoms with Crippen molar-refractivity contribution in [3.05, 3.63) is 0 Å². The predicted octanol–water partition coefficient (Wildman–Crippen LogP) is 2.06. The second kappa shape index (κ2) is 11.3. The van der Waals surface area contributed by atoms with Gasteiger partial charge >= 0.3 is 12.8 Å². The number of urea groups is 1. The summed E-state index contributed by atoms with van der Waals surface area (Å²) in [6, 6.07) is -0.128. The molecule has 0 atom stereocenters. The third-order valence-electron chi connectivity index (χ3n) is 2.59. The van der Waals surface area contributed by atoms with Gasteiger partial charge in [-0.3, -0.25) is 0 Å². The molecule has 0 aliphatic heterocycles. The Kier molecular flexibility index (Phi) is 11.2. The van der Waals surface area contributed by atoms with Crippen LogP contribution in [-0.2, 0) is 4.57 Å². The van der Waals surface area contributed by atoms with Crippen molar-refractivity contribution in [2.24, 2.45) is 0 Å². The van der Waals surface area contributed by atoms with Gasteiger partial charge in [0.25, 0.3) is 0 Å². The zero-order valence-electron chi connectivity index (χ0n) is 13.7. The van der Waals surface area contributed by atoms with Crippen molar-refractivity contribution in [1.82, 2.24) is 16.0 Å². The fourth-order valence-corrected chi connectivity index (χ4v) is 3.14. The highest BCUT2D eigenvalue weighted by molar-refractivity contribution is 8.54. The lowest BCUT2D eigenvalue weighted by molar-refractivity contribution is 0.232. The maximum Gasteiger partial charge on any atom is 0.384 e. The van der Waals surface area contributed by atoms with Gasteiger partial charge in [0.15, 0.2) is 0 Å². The number of amides is 2. The van der Waals surface area contributed by atoms with Crippen LogP contribution in [0.1, 0.15) is 46.5 Å². The number of nitrogens with one attached hydrogen (secondary N) is 3. The van der Waals surface area contributed by atoms with E-state index in [1.807, 2.05) is 20.8 Å². The topological polar surface area (TPSA) is 111 Å². The first-order valence-electron chi connectivity index (χ1n) is 7.57. The molecule has 0 heterocycles. The minimum Gasteiger partial charge on any atom is -0.338 e. The zero-order valence-corrected chi connectivity index (χ0v) is 15.4. The molecule has 0 rings (SSSR count). The standard InChI is InChI=1S/C13H30N3O4PS/c1-13(2,3)16-12(17)15-9-7-5-4-6-8-14-10-11-22-21(18,19)20/h14H,4-11H2,1-3H3,(H2,15,16,17)(H2,18,19,20). The van der Waals surface area contributed by atoms with Crippen molar-refractivity contribution >= 4 is 24.2 Å². The number of unbranched alkanes of at least 4 members (excludes halogenated alkanes) is 3. The summed E-state index contributed by atoms with van der Waals surface area (Å²) < 4.78 is 10.6. The molecular weight excluding hydrogens is 325 g/mol. The first-order valence-corrected chi connectivity index (χ1v) is 10.8. The minimum absolute atomic E-state index is 0.128. The first kappa shape index (κ1) is 21.7. The molecular formula is C13H30N3O4PS. The van der Waals surface area contributed by atoms with E-state index in [-0.39, 0.29) is 11.6 Å². The van der Waals surface area contributed by atoms with Gasteiger partial charge in [-0.15, -0.1) is 0 Å². The van der Waals surface area contributed by atoms with E-state index < -0.39 is 6.80 Å². The largest absolute Gasteiger partial charge is 0.384 e. The summed E-state index contributed by atoms with van der Waals surface area (Å²) in [6.45, 7) is 4.03. The second-order valence-electron chi connectivity index (χ2n) is 6.12. The Morgan fingerprint density at radius 2 is 1.64 bits per heavy atom. The molecule has 0 saturated carbocycles. The van der Waals surface area contributed by atoms with E-state index in [2.05, 4.69) is 16.0 Å². The van der Waals surface area contributed by atoms with Gasteiger partial charge in [-0.2, -0.15) is 0 Å². The smallest absolute Gasteiger partial charge is 0.338 e. The van der Waals surface area contributed by atoms with Crippen molar-refractivity contribution in [3.8, 4) is 0 Å². The van der Waals surface area contributed by atoms with E-state index >= 15 is 0 Å². The van der Waals surface area contributed by atoms with Crippen LogP contribution in [0.4, 0.5) is 4.79 Å². The maximum atomic E-state index is 11.5. The second-order valence-corrected chi connectivity index (χ2v) is 9.97. The van der Waals surface area contributed by atoms with Crippen LogP contribution in [0.5, 0.6) is 0 Å². The Bertz CT molecular complexity index is 358. The molecule has 0 spiro atoms. The summed E-state index contributed by atoms with van der Waals surface area (Å²) in [5, 5.41) is 8.82. The summed E-state index contributed by atoms with van der Waals surface area (Å²) in [4.78, 5) is 28.8. The van der Waals surface area contributed by atoms with Crippen LogP contribution in [0.3, 0.4) is 0 Å². The molecule has 132 valence electrons. The summed E-state index contributed by atoms with van der Waals surface area (Å²) in [6.07, 6.45) is 4.09. The molecule has 0 aromatic rings. The highest BCUT2D eigenvalue weighted by atomic mass is 32.7. The van der Waals surface area contributed by atoms with Gasteiger partial charge in [0.2, 0.25) is 0 Å². The van der Waals surface area contributed by atoms with E-state index in [0.717, 1.165) is 32.2 Å². The molecule has 0 fully saturated rings. The number of rotatable bonds is 11. The molecule has 5 N–H and O–H groups in total. The molecule has 0 aliphatic rings. The van der Waals surface area contributed by atoms with Gasteiger partial charge in [-0.25, -0.2) is 9.36 Å². The lowest BCUT2D eigenvalue weighted by Crippen LogP contribution is -2.46. The Morgan fingerprint density at radius 1 is 1.05 bits per heavy atom. The average Bonchev–Trinajstić information content (AvgIpc) is 2.32. The molecule has 0 radical (unpaired) electrons. The Morgan fingerprint density at radius 3 is 2.18 bits per heavy atom. The maximum absolute atomic E-state index is 11.5. The van der Waals surface area contributed by atoms with Crippen molar-refractivity contribution in [2.75, 3.05) is 25.4 Å². The molecule has 2 amide bonds. The van der Waals surface area contributed by atoms with Crippen molar-refractivity contribution in [3.63, 3.8) is 0 Å². The molecule has 0 bridgehead atoms. The third kappa shape index (κ3) is 17.8. The minimum atomic E-state index is -3.92. The monoisotopic (exact) mass is 355 g/mol. The van der Waals surface area contributed by atoms with E-state index in [1.165, 1.54) is 0 Å². The molecule has 0 saturated heterocycles. The Balaban J connectivity index is 3.27. The first-order chi connectivity index (χ1) is 10.1. The molecule has 0 unspecified atom stereocenters. The molecule has 0 aromatic heterocycles. The van der Waals surface area contributed by atoms with E-state index in [4.69, 9.17) is 9.79 Å². The highest BCUT2D eigenvalue weighted by Crippen LogP contribution is 2.49. The number of carbonyl (C=O) groups is 1. The van der Waals surface area contributed by atoms with E-state index in [1.54, 1.807) is 0 Å². The SMILES string of the molecule is CC(C)(C)NC(=O)NCCCCCCNCCSP(=O)(O)O. The summed E-state index contributed by atoms with van der Waals surface area (Å²) in [5.41, 5.74) is -0.214. The summed E-state index contributed by atoms with van der Waals surface area (Å²) in [7, 11) is 0. The Labute approximate surface area is 137 Å². The van der Waals surface area contributed by atoms with E-state index in [9.17, 15) is 9.36 Å². The van der Waals surface area contributed by atoms with Crippen LogP contribution in [0.15, 0.2) is 0 Å². The van der Waals surface area contributed by atoms with Gasteiger partial charge in [-0.1, -0.05) is 12.8 Å². The zero-order chi connectivity index (χ0) is 17.1. The van der Waals surface area contributed by atoms with Gasteiger partial charge in [0.1, 0.15) is 0 Å². The van der Waals surface area contributed by atoms with E-state index in [0.29, 0.717) is 30.2 Å². The van der Waals surface area contributed by atoms with Crippen LogP contribution in [0.2, 0.25) is 0 Å². The van der Waals surface area contributed by atoms with Crippen molar-refractivity contribution in [2.45, 2.75) is 52.0 Å². The Hall–Kier alpha value is -0.270. The molecule has 7 nitrogen and oxygen atoms in total. The van der Waals surface area contributed by atoms with Gasteiger partial charge < -0.3 is 25.7 Å². The summed E-state index contributed by atoms with van der Waals surface area (Å²) in [5.74, 6) is 0.414. The predicted molar refractivity (Wildman–Crippen MR) is 92.1 cm³/mol. The van der Waals surface area contributed by atoms with Crippen LogP contribution in [0.25, 0.3) is 0 Å². The van der Waals surface area contributed by atoms with Gasteiger partial charge in [0.05, 0.1) is 0 Å². The normalized spacial score (nSPS) is 12.2. The number of hydrogen-bond acceptors (Lipinski definition) is 4. The van der Waals surface area contributed by atoms with Gasteiger partial charge in [0, 0.05) is 24.4 Å². The molecule has 0 aliphatic carbocycles. The summed E-state index contributed by atoms with van der Waals surface area (Å²) >= 11 is 0.673. The van der Waals surface area contributed by atoms with Gasteiger partial charge in [-0.05, 0) is 51.5 Å². The van der Waals surface area contributed by atoms with Crippen LogP contribution < -0.4 is 16.0 Å². The lowest BCUT2D eigenvalue weighted by Gasteiger charge is -2.20. The average molecular weight is 355 g/mol. The lowest BCUT2D eigenvalue weighted by atomic mass is 10.1. The molecule has 22 heavy (non-hydrogen) atoms. The highest BCUT2D eigenvalue weighted by Gasteiger charge is 2.13. The number of hydrogen-bond donors (Lipinski definition) is 5. The third-order valence-corrected chi connectivity index (χ3v) is 4.87. The molecule has 9 heteroatoms. The van der Waals surface area contributed by atoms with Crippen LogP contribution >= 0.6 is 18.2 Å². The van der Waals surface area contributed by atoms with Crippen LogP contribution in [-0.4, -0.2) is 46.7 Å².